The van der Waals surface area contributed by atoms with Crippen molar-refractivity contribution in [3.05, 3.63) is 119 Å². The summed E-state index contributed by atoms with van der Waals surface area (Å²) in [6.07, 6.45) is 2.91. The molecule has 6 aromatic rings. The number of hydrogen-bond acceptors (Lipinski definition) is 12. The van der Waals surface area contributed by atoms with E-state index in [0.717, 1.165) is 44.6 Å². The Morgan fingerprint density at radius 3 is 2.33 bits per heavy atom. The zero-order valence-corrected chi connectivity index (χ0v) is 38.5. The quantitative estimate of drug-likeness (QED) is 0.0521. The van der Waals surface area contributed by atoms with Gasteiger partial charge in [-0.15, -0.1) is 22.7 Å². The van der Waals surface area contributed by atoms with Crippen LogP contribution in [0.2, 0.25) is 18.1 Å². The van der Waals surface area contributed by atoms with Gasteiger partial charge in [0.15, 0.2) is 19.5 Å². The summed E-state index contributed by atoms with van der Waals surface area (Å²) in [6, 6.07) is 20.5. The number of benzene rings is 2. The molecule has 0 saturated heterocycles. The molecular formula is C46H58N4O8S2Si. The van der Waals surface area contributed by atoms with Crippen LogP contribution in [0.3, 0.4) is 0 Å². The van der Waals surface area contributed by atoms with E-state index in [0.29, 0.717) is 50.1 Å². The van der Waals surface area contributed by atoms with E-state index in [1.807, 2.05) is 59.3 Å². The summed E-state index contributed by atoms with van der Waals surface area (Å²) in [4.78, 5) is 45.7. The number of ether oxygens (including phenoxy) is 1. The molecule has 0 bridgehead atoms. The van der Waals surface area contributed by atoms with Crippen LogP contribution in [0.25, 0.3) is 22.0 Å². The summed E-state index contributed by atoms with van der Waals surface area (Å²) >= 11 is 3.05. The van der Waals surface area contributed by atoms with Crippen LogP contribution in [0.4, 0.5) is 0 Å². The second-order valence-corrected chi connectivity index (χ2v) is 24.8. The first-order valence-electron chi connectivity index (χ1n) is 21.0. The predicted molar refractivity (Wildman–Crippen MR) is 245 cm³/mol. The highest BCUT2D eigenvalue weighted by atomic mass is 32.1. The molecular weight excluding hydrogens is 829 g/mol. The summed E-state index contributed by atoms with van der Waals surface area (Å²) in [5, 5.41) is 30.3. The second kappa shape index (κ2) is 18.6. The molecule has 326 valence electrons. The lowest BCUT2D eigenvalue weighted by Crippen LogP contribution is -2.46. The van der Waals surface area contributed by atoms with Crippen LogP contribution in [0.15, 0.2) is 91.5 Å². The zero-order chi connectivity index (χ0) is 43.5. The number of aromatic nitrogens is 2. The Morgan fingerprint density at radius 1 is 1.00 bits per heavy atom. The molecule has 4 heterocycles. The van der Waals surface area contributed by atoms with Crippen molar-refractivity contribution >= 4 is 59.0 Å². The van der Waals surface area contributed by atoms with Gasteiger partial charge in [-0.1, -0.05) is 45.0 Å². The monoisotopic (exact) mass is 886 g/mol. The Morgan fingerprint density at radius 2 is 1.69 bits per heavy atom. The van der Waals surface area contributed by atoms with Gasteiger partial charge in [-0.2, -0.15) is 0 Å². The van der Waals surface area contributed by atoms with E-state index in [1.54, 1.807) is 16.7 Å². The number of thiophene rings is 2. The lowest BCUT2D eigenvalue weighted by Gasteiger charge is -2.39. The number of phenols is 1. The average Bonchev–Trinajstić information content (AvgIpc) is 3.99. The van der Waals surface area contributed by atoms with Crippen molar-refractivity contribution in [1.29, 1.82) is 0 Å². The first-order chi connectivity index (χ1) is 29.0. The number of aromatic hydroxyl groups is 1. The number of carbonyl (C=O) groups is 1. The Labute approximate surface area is 365 Å². The number of pyridine rings is 1. The van der Waals surface area contributed by atoms with Gasteiger partial charge in [0, 0.05) is 66.3 Å². The van der Waals surface area contributed by atoms with E-state index in [2.05, 4.69) is 56.1 Å². The van der Waals surface area contributed by atoms with Crippen molar-refractivity contribution < 1.29 is 28.6 Å². The molecule has 2 aromatic carbocycles. The minimum atomic E-state index is -2.25. The summed E-state index contributed by atoms with van der Waals surface area (Å²) in [7, 11) is -0.183. The van der Waals surface area contributed by atoms with Crippen molar-refractivity contribution in [2.75, 3.05) is 20.1 Å². The third kappa shape index (κ3) is 10.5. The molecule has 1 fully saturated rings. The standard InChI is InChI=1S/C46H58N4O8S2Si/c1-45(2,3)61(5,6)58-40(35-16-19-38(51)42-36(35)17-20-41(52)48-42)29-47-28-30-11-18-37-39(25-30)57-44(54)50(37)22-21-49(4)31-12-14-32(15-13-31)56-43(53)46(55,26-33-9-7-23-59-33)27-34-10-8-24-60-34/h7-11,16-20,23-25,31-32,40,47,51,55H,12-15,21-22,26-29H2,1-6H3,(H,48,52)/t31?,32?,40-/m0/s1. The van der Waals surface area contributed by atoms with Crippen LogP contribution in [-0.2, 0) is 39.9 Å². The van der Waals surface area contributed by atoms with Gasteiger partial charge in [-0.05, 0) is 109 Å². The van der Waals surface area contributed by atoms with Gasteiger partial charge < -0.3 is 39.0 Å². The van der Waals surface area contributed by atoms with Gasteiger partial charge in [-0.3, -0.25) is 9.36 Å². The van der Waals surface area contributed by atoms with E-state index in [-0.39, 0.29) is 47.4 Å². The Balaban J connectivity index is 0.943. The summed E-state index contributed by atoms with van der Waals surface area (Å²) < 4.78 is 20.4. The number of aromatic amines is 1. The molecule has 7 rings (SSSR count). The molecule has 12 nitrogen and oxygen atoms in total. The number of fused-ring (bicyclic) bond motifs is 2. The molecule has 1 aliphatic carbocycles. The molecule has 1 saturated carbocycles. The number of likely N-dealkylation sites (N-methyl/N-ethyl adjacent to an activating group) is 1. The topological polar surface area (TPSA) is 159 Å². The van der Waals surface area contributed by atoms with E-state index >= 15 is 0 Å². The Kier molecular flexibility index (Phi) is 13.6. The average molecular weight is 887 g/mol. The van der Waals surface area contributed by atoms with Crippen molar-refractivity contribution in [3.8, 4) is 5.75 Å². The first kappa shape index (κ1) is 44.7. The smallest absolute Gasteiger partial charge is 0.419 e. The second-order valence-electron chi connectivity index (χ2n) is 18.0. The maximum Gasteiger partial charge on any atom is 0.419 e. The van der Waals surface area contributed by atoms with Crippen molar-refractivity contribution in [1.82, 2.24) is 19.8 Å². The van der Waals surface area contributed by atoms with E-state index in [9.17, 15) is 24.6 Å². The van der Waals surface area contributed by atoms with Gasteiger partial charge in [0.05, 0.1) is 17.1 Å². The number of rotatable bonds is 17. The van der Waals surface area contributed by atoms with Gasteiger partial charge >= 0.3 is 11.7 Å². The molecule has 1 atom stereocenters. The number of H-pyrrole nitrogens is 1. The molecule has 4 aromatic heterocycles. The number of hydrogen-bond donors (Lipinski definition) is 4. The van der Waals surface area contributed by atoms with Gasteiger partial charge in [0.25, 0.3) is 0 Å². The largest absolute Gasteiger partial charge is 0.506 e. The van der Waals surface area contributed by atoms with Crippen LogP contribution in [0.1, 0.15) is 73.4 Å². The highest BCUT2D eigenvalue weighted by Crippen LogP contribution is 2.41. The number of oxazole rings is 1. The van der Waals surface area contributed by atoms with E-state index in [1.165, 1.54) is 28.7 Å². The fourth-order valence-corrected chi connectivity index (χ4v) is 10.9. The molecule has 4 N–H and O–H groups in total. The van der Waals surface area contributed by atoms with Crippen molar-refractivity contribution in [3.63, 3.8) is 0 Å². The normalized spacial score (nSPS) is 17.0. The lowest BCUT2D eigenvalue weighted by molar-refractivity contribution is -0.173. The van der Waals surface area contributed by atoms with Gasteiger partial charge in [0.2, 0.25) is 5.56 Å². The maximum atomic E-state index is 13.5. The third-order valence-electron chi connectivity index (χ3n) is 12.6. The summed E-state index contributed by atoms with van der Waals surface area (Å²) in [5.41, 5.74) is 1.55. The fourth-order valence-electron chi connectivity index (χ4n) is 7.98. The number of nitrogens with zero attached hydrogens (tertiary/aromatic N) is 2. The van der Waals surface area contributed by atoms with Crippen molar-refractivity contribution in [2.45, 2.75) is 114 Å². The number of aliphatic hydroxyl groups is 1. The fraction of sp³-hybridized carbons (Fsp3) is 0.457. The number of esters is 1. The van der Waals surface area contributed by atoms with Crippen molar-refractivity contribution in [2.24, 2.45) is 0 Å². The first-order valence-corrected chi connectivity index (χ1v) is 25.7. The van der Waals surface area contributed by atoms with E-state index in [4.69, 9.17) is 13.6 Å². The molecule has 0 spiro atoms. The molecule has 61 heavy (non-hydrogen) atoms. The van der Waals surface area contributed by atoms with Crippen LogP contribution in [0, 0.1) is 0 Å². The van der Waals surface area contributed by atoms with Crippen LogP contribution < -0.4 is 16.6 Å². The molecule has 0 unspecified atom stereocenters. The molecule has 0 aliphatic heterocycles. The molecule has 0 radical (unpaired) electrons. The number of phenolic OH excluding ortho intramolecular Hbond substituents is 1. The molecule has 0 amide bonds. The van der Waals surface area contributed by atoms with Crippen LogP contribution in [0.5, 0.6) is 5.75 Å². The highest BCUT2D eigenvalue weighted by Gasteiger charge is 2.41. The Bertz CT molecular complexity index is 2500. The summed E-state index contributed by atoms with van der Waals surface area (Å²) in [5.74, 6) is -0.951. The predicted octanol–water partition coefficient (Wildman–Crippen LogP) is 8.12. The molecule has 1 aliphatic rings. The van der Waals surface area contributed by atoms with Gasteiger partial charge in [0.1, 0.15) is 11.9 Å². The number of carbonyl (C=O) groups excluding carboxylic acids is 1. The molecule has 15 heteroatoms. The van der Waals surface area contributed by atoms with Crippen LogP contribution >= 0.6 is 22.7 Å². The minimum absolute atomic E-state index is 0.00713. The third-order valence-corrected chi connectivity index (χ3v) is 18.8. The zero-order valence-electron chi connectivity index (χ0n) is 35.9. The maximum absolute atomic E-state index is 13.5. The van der Waals surface area contributed by atoms with Crippen LogP contribution in [-0.4, -0.2) is 76.8 Å². The minimum Gasteiger partial charge on any atom is -0.506 e. The van der Waals surface area contributed by atoms with Gasteiger partial charge in [-0.25, -0.2) is 9.59 Å². The van der Waals surface area contributed by atoms with E-state index < -0.39 is 25.6 Å². The number of nitrogens with one attached hydrogen (secondary N) is 2. The summed E-state index contributed by atoms with van der Waals surface area (Å²) in [6.45, 7) is 13.1. The lowest BCUT2D eigenvalue weighted by atomic mass is 9.90. The Hall–Kier alpha value is -4.35. The SMILES string of the molecule is CN(CCn1c(=O)oc2cc(CNC[C@H](O[Si](C)(C)C(C)(C)C)c3ccc(O)c4[nH]c(=O)ccc34)ccc21)C1CCC(OC(=O)C(O)(Cc2cccs2)Cc2cccs2)CC1. The highest BCUT2D eigenvalue weighted by molar-refractivity contribution is 7.10.